The van der Waals surface area contributed by atoms with E-state index in [1.165, 1.54) is 33.2 Å². The van der Waals surface area contributed by atoms with E-state index < -0.39 is 0 Å². The summed E-state index contributed by atoms with van der Waals surface area (Å²) >= 11 is 1.91. The Morgan fingerprint density at radius 2 is 1.41 bits per heavy atom. The average Bonchev–Trinajstić information content (AvgIpc) is 3.63. The van der Waals surface area contributed by atoms with Crippen molar-refractivity contribution in [3.8, 4) is 17.2 Å². The molecule has 0 saturated carbocycles. The van der Waals surface area contributed by atoms with Crippen LogP contribution in [0.15, 0.2) is 71.9 Å². The molecule has 0 bridgehead atoms. The molecule has 6 heteroatoms. The fourth-order valence-electron chi connectivity index (χ4n) is 9.35. The number of benzene rings is 4. The molecule has 3 heterocycles. The molecule has 1 aliphatic carbocycles. The Labute approximate surface area is 366 Å². The second kappa shape index (κ2) is 13.7. The molecule has 0 radical (unpaired) electrons. The zero-order valence-corrected chi connectivity index (χ0v) is 40.4. The van der Waals surface area contributed by atoms with Gasteiger partial charge in [0.1, 0.15) is 5.65 Å². The topological polar surface area (TPSA) is 39.4 Å². The van der Waals surface area contributed by atoms with Crippen molar-refractivity contribution in [1.29, 1.82) is 0 Å². The van der Waals surface area contributed by atoms with Crippen LogP contribution in [0.5, 0.6) is 11.5 Å². The molecule has 0 saturated heterocycles. The van der Waals surface area contributed by atoms with Gasteiger partial charge in [0.2, 0.25) is 0 Å². The fourth-order valence-corrected chi connectivity index (χ4v) is 11.1. The third-order valence-electron chi connectivity index (χ3n) is 13.2. The van der Waals surface area contributed by atoms with Crippen LogP contribution >= 0.6 is 11.8 Å². The van der Waals surface area contributed by atoms with Gasteiger partial charge in [-0.2, -0.15) is 5.56 Å². The van der Waals surface area contributed by atoms with Crippen molar-refractivity contribution in [1.82, 2.24) is 9.55 Å². The first-order chi connectivity index (χ1) is 26.3. The minimum atomic E-state index is -0.381. The van der Waals surface area contributed by atoms with E-state index in [2.05, 4.69) is 182 Å². The number of aliphatic imine (C=N–C) groups is 1. The first-order valence-electron chi connectivity index (χ1n) is 20.5. The Bertz CT molecular complexity index is 2680. The second-order valence-electron chi connectivity index (χ2n) is 20.7. The first-order valence-corrected chi connectivity index (χ1v) is 21.3. The standard InChI is InChI=1S/C52H59N3OS.Pt/c1-30-22-35(55-42-20-19-33(47(4,5)6)25-39(42)37-18-17-21-53-45(37)55)28-36(23-30)56-43-29-38(31(2)24-32(43)3)46-54-52(16)50(13,14)44-40(49(10,11)12)26-34(48(7,8)9)27-41(44)51(52,15)57-46;/h17-27H,1-16H3;/q-2;+2/t51-,52+;/m0./s1. The van der Waals surface area contributed by atoms with Gasteiger partial charge in [0.25, 0.3) is 0 Å². The Balaban J connectivity index is 0.00000512. The van der Waals surface area contributed by atoms with Gasteiger partial charge in [-0.15, -0.1) is 47.2 Å². The van der Waals surface area contributed by atoms with Gasteiger partial charge in [0.15, 0.2) is 0 Å². The SMILES string of the molecule is Cc1cc(Oc2[c-]c(C3=N[C@]4(C)C(C)(C)c5c(C(C)(C)C)cc(C(C)(C)C)cc5[C@]4(C)S3)c(C)cc2C)[c-]c(-n2c3ccc(C(C)(C)C)cc3c3cccnc32)c1.[Pt+2]. The van der Waals surface area contributed by atoms with Crippen LogP contribution in [-0.2, 0) is 47.5 Å². The van der Waals surface area contributed by atoms with Crippen LogP contribution in [0.1, 0.15) is 140 Å². The zero-order valence-electron chi connectivity index (χ0n) is 37.3. The van der Waals surface area contributed by atoms with Crippen molar-refractivity contribution in [3.63, 3.8) is 0 Å². The van der Waals surface area contributed by atoms with Crippen molar-refractivity contribution in [2.45, 2.75) is 143 Å². The normalized spacial score (nSPS) is 20.2. The molecule has 1 aliphatic heterocycles. The molecule has 2 atom stereocenters. The molecule has 304 valence electrons. The summed E-state index contributed by atoms with van der Waals surface area (Å²) in [4.78, 5) is 10.6. The third-order valence-corrected chi connectivity index (χ3v) is 14.7. The van der Waals surface area contributed by atoms with Gasteiger partial charge >= 0.3 is 21.1 Å². The Hall–Kier alpha value is -3.66. The van der Waals surface area contributed by atoms with E-state index in [0.29, 0.717) is 11.5 Å². The summed E-state index contributed by atoms with van der Waals surface area (Å²) in [6.07, 6.45) is 1.87. The maximum absolute atomic E-state index is 6.81. The molecule has 0 N–H and O–H groups in total. The molecule has 0 unspecified atom stereocenters. The van der Waals surface area contributed by atoms with Gasteiger partial charge in [-0.25, -0.2) is 4.98 Å². The zero-order chi connectivity index (χ0) is 41.4. The average molecular weight is 969 g/mol. The van der Waals surface area contributed by atoms with Crippen LogP contribution < -0.4 is 4.74 Å². The van der Waals surface area contributed by atoms with Crippen molar-refractivity contribution in [2.24, 2.45) is 4.99 Å². The smallest absolute Gasteiger partial charge is 0.503 e. The maximum atomic E-state index is 6.81. The summed E-state index contributed by atoms with van der Waals surface area (Å²) in [6.45, 7) is 36.9. The van der Waals surface area contributed by atoms with Gasteiger partial charge in [0, 0.05) is 38.9 Å². The van der Waals surface area contributed by atoms with Crippen molar-refractivity contribution >= 4 is 38.7 Å². The van der Waals surface area contributed by atoms with E-state index in [0.717, 1.165) is 49.5 Å². The molecule has 58 heavy (non-hydrogen) atoms. The van der Waals surface area contributed by atoms with Crippen molar-refractivity contribution in [2.75, 3.05) is 0 Å². The van der Waals surface area contributed by atoms with E-state index in [9.17, 15) is 0 Å². The second-order valence-corrected chi connectivity index (χ2v) is 22.1. The molecule has 2 aromatic heterocycles. The number of aryl methyl sites for hydroxylation is 3. The number of ether oxygens (including phenoxy) is 1. The summed E-state index contributed by atoms with van der Waals surface area (Å²) in [7, 11) is 0. The summed E-state index contributed by atoms with van der Waals surface area (Å²) in [6, 6.07) is 29.8. The first kappa shape index (κ1) is 42.5. The Morgan fingerprint density at radius 1 is 0.724 bits per heavy atom. The van der Waals surface area contributed by atoms with Crippen LogP contribution in [-0.4, -0.2) is 20.1 Å². The quantitative estimate of drug-likeness (QED) is 0.165. The number of thioether (sulfide) groups is 1. The van der Waals surface area contributed by atoms with Crippen LogP contribution in [0.25, 0.3) is 27.6 Å². The minimum absolute atomic E-state index is 0. The molecule has 6 aromatic rings. The van der Waals surface area contributed by atoms with E-state index >= 15 is 0 Å². The number of nitrogens with zero attached hydrogens (tertiary/aromatic N) is 3. The monoisotopic (exact) mass is 968 g/mol. The molecule has 0 spiro atoms. The molecule has 8 rings (SSSR count). The summed E-state index contributed by atoms with van der Waals surface area (Å²) in [5.74, 6) is 1.34. The number of hydrogen-bond acceptors (Lipinski definition) is 4. The number of aromatic nitrogens is 2. The van der Waals surface area contributed by atoms with E-state index in [1.54, 1.807) is 0 Å². The Morgan fingerprint density at radius 3 is 2.07 bits per heavy atom. The van der Waals surface area contributed by atoms with E-state index in [-0.39, 0.29) is 53.0 Å². The van der Waals surface area contributed by atoms with Gasteiger partial charge in [0.05, 0.1) is 15.8 Å². The van der Waals surface area contributed by atoms with Gasteiger partial charge < -0.3 is 14.3 Å². The predicted molar refractivity (Wildman–Crippen MR) is 242 cm³/mol. The van der Waals surface area contributed by atoms with Gasteiger partial charge in [-0.05, 0) is 82.2 Å². The summed E-state index contributed by atoms with van der Waals surface area (Å²) in [5.41, 5.74) is 13.6. The van der Waals surface area contributed by atoms with E-state index in [4.69, 9.17) is 14.7 Å². The molecule has 2 aliphatic rings. The van der Waals surface area contributed by atoms with Crippen molar-refractivity contribution in [3.05, 3.63) is 129 Å². The fraction of sp³-hybridized carbons (Fsp3) is 0.423. The third kappa shape index (κ3) is 6.44. The Kier molecular flexibility index (Phi) is 10.0. The molecule has 0 amide bonds. The molecule has 0 fully saturated rings. The van der Waals surface area contributed by atoms with Gasteiger partial charge in [-0.3, -0.25) is 0 Å². The van der Waals surface area contributed by atoms with E-state index in [1.807, 2.05) is 24.0 Å². The van der Waals surface area contributed by atoms with Crippen molar-refractivity contribution < 1.29 is 25.8 Å². The van der Waals surface area contributed by atoms with Crippen LogP contribution in [0, 0.1) is 32.9 Å². The number of hydrogen-bond donors (Lipinski definition) is 0. The van der Waals surface area contributed by atoms with Gasteiger partial charge in [-0.1, -0.05) is 132 Å². The number of rotatable bonds is 4. The maximum Gasteiger partial charge on any atom is 2.00 e. The predicted octanol–water partition coefficient (Wildman–Crippen LogP) is 13.8. The molecular weight excluding hydrogens is 910 g/mol. The number of pyridine rings is 1. The van der Waals surface area contributed by atoms with Crippen LogP contribution in [0.2, 0.25) is 0 Å². The number of fused-ring (bicyclic) bond motifs is 6. The molecular formula is C52H59N3OPtS. The van der Waals surface area contributed by atoms with Crippen LogP contribution in [0.4, 0.5) is 0 Å². The summed E-state index contributed by atoms with van der Waals surface area (Å²) < 4.78 is 8.76. The molecule has 4 nitrogen and oxygen atoms in total. The van der Waals surface area contributed by atoms with Crippen LogP contribution in [0.3, 0.4) is 0 Å². The minimum Gasteiger partial charge on any atom is -0.503 e. The molecule has 4 aromatic carbocycles. The summed E-state index contributed by atoms with van der Waals surface area (Å²) in [5, 5.41) is 3.34. The largest absolute Gasteiger partial charge is 2.00 e.